The molecule has 1 aromatic rings. The van der Waals surface area contributed by atoms with Crippen molar-refractivity contribution in [3.63, 3.8) is 0 Å². The summed E-state index contributed by atoms with van der Waals surface area (Å²) in [6, 6.07) is 4.54. The zero-order valence-corrected chi connectivity index (χ0v) is 9.26. The van der Waals surface area contributed by atoms with Crippen LogP contribution in [0.4, 0.5) is 5.69 Å². The maximum Gasteiger partial charge on any atom is 0.240 e. The molecule has 0 atom stereocenters. The zero-order chi connectivity index (χ0) is 11.6. The van der Waals surface area contributed by atoms with Gasteiger partial charge in [0.15, 0.2) is 0 Å². The second-order valence-electron chi connectivity index (χ2n) is 3.23. The van der Waals surface area contributed by atoms with Crippen molar-refractivity contribution in [2.75, 3.05) is 5.32 Å². The van der Waals surface area contributed by atoms with Crippen molar-refractivity contribution in [3.8, 4) is 0 Å². The Morgan fingerprint density at radius 2 is 2.00 bits per heavy atom. The Morgan fingerprint density at radius 3 is 2.47 bits per heavy atom. The lowest BCUT2D eigenvalue weighted by molar-refractivity contribution is -0.114. The molecule has 1 rings (SSSR count). The summed E-state index contributed by atoms with van der Waals surface area (Å²) >= 11 is 0. The van der Waals surface area contributed by atoms with Gasteiger partial charge >= 0.3 is 0 Å². The highest BCUT2D eigenvalue weighted by atomic mass is 32.2. The van der Waals surface area contributed by atoms with Gasteiger partial charge in [-0.25, -0.2) is 13.6 Å². The SMILES string of the molecule is CC(=O)Nc1cc(C)ccc1S(N)(=O)=O. The van der Waals surface area contributed by atoms with E-state index in [1.165, 1.54) is 13.0 Å². The number of benzene rings is 1. The first-order valence-corrected chi connectivity index (χ1v) is 5.76. The van der Waals surface area contributed by atoms with E-state index >= 15 is 0 Å². The summed E-state index contributed by atoms with van der Waals surface area (Å²) in [5.74, 6) is -0.342. The first-order valence-electron chi connectivity index (χ1n) is 4.22. The minimum atomic E-state index is -3.81. The van der Waals surface area contributed by atoms with E-state index in [-0.39, 0.29) is 16.5 Å². The Bertz CT molecular complexity index is 494. The van der Waals surface area contributed by atoms with Crippen LogP contribution in [0.25, 0.3) is 0 Å². The van der Waals surface area contributed by atoms with Gasteiger partial charge in [0.2, 0.25) is 15.9 Å². The molecule has 0 aliphatic carbocycles. The van der Waals surface area contributed by atoms with Crippen LogP contribution in [0.1, 0.15) is 12.5 Å². The van der Waals surface area contributed by atoms with Gasteiger partial charge < -0.3 is 5.32 Å². The molecule has 82 valence electrons. The topological polar surface area (TPSA) is 89.3 Å². The second kappa shape index (κ2) is 4.00. The summed E-state index contributed by atoms with van der Waals surface area (Å²) in [4.78, 5) is 10.8. The van der Waals surface area contributed by atoms with Crippen LogP contribution in [0.3, 0.4) is 0 Å². The van der Waals surface area contributed by atoms with Gasteiger partial charge in [-0.15, -0.1) is 0 Å². The lowest BCUT2D eigenvalue weighted by atomic mass is 10.2. The number of hydrogen-bond donors (Lipinski definition) is 2. The number of carbonyl (C=O) groups is 1. The predicted molar refractivity (Wildman–Crippen MR) is 56.9 cm³/mol. The number of sulfonamides is 1. The van der Waals surface area contributed by atoms with Crippen LogP contribution in [-0.4, -0.2) is 14.3 Å². The van der Waals surface area contributed by atoms with Crippen molar-refractivity contribution in [2.24, 2.45) is 5.14 Å². The van der Waals surface area contributed by atoms with E-state index in [0.29, 0.717) is 0 Å². The van der Waals surface area contributed by atoms with E-state index in [4.69, 9.17) is 5.14 Å². The summed E-state index contributed by atoms with van der Waals surface area (Å²) in [5, 5.41) is 7.43. The Balaban J connectivity index is 3.33. The molecule has 3 N–H and O–H groups in total. The summed E-state index contributed by atoms with van der Waals surface area (Å²) < 4.78 is 22.3. The fourth-order valence-electron chi connectivity index (χ4n) is 1.18. The van der Waals surface area contributed by atoms with Crippen molar-refractivity contribution in [2.45, 2.75) is 18.7 Å². The smallest absolute Gasteiger partial charge is 0.240 e. The zero-order valence-electron chi connectivity index (χ0n) is 8.44. The monoisotopic (exact) mass is 228 g/mol. The lowest BCUT2D eigenvalue weighted by Crippen LogP contribution is -2.16. The summed E-state index contributed by atoms with van der Waals surface area (Å²) in [6.07, 6.45) is 0. The van der Waals surface area contributed by atoms with Gasteiger partial charge in [0.25, 0.3) is 0 Å². The molecule has 5 nitrogen and oxygen atoms in total. The number of carbonyl (C=O) groups excluding carboxylic acids is 1. The van der Waals surface area contributed by atoms with E-state index in [2.05, 4.69) is 5.32 Å². The number of nitrogens with one attached hydrogen (secondary N) is 1. The quantitative estimate of drug-likeness (QED) is 0.776. The van der Waals surface area contributed by atoms with Crippen LogP contribution in [0.2, 0.25) is 0 Å². The van der Waals surface area contributed by atoms with Gasteiger partial charge in [0.1, 0.15) is 4.90 Å². The van der Waals surface area contributed by atoms with Crippen molar-refractivity contribution in [1.29, 1.82) is 0 Å². The Labute approximate surface area is 88.3 Å². The molecule has 0 bridgehead atoms. The summed E-state index contributed by atoms with van der Waals surface area (Å²) in [5.41, 5.74) is 1.05. The normalized spacial score (nSPS) is 11.1. The molecule has 0 aliphatic heterocycles. The minimum Gasteiger partial charge on any atom is -0.325 e. The average Bonchev–Trinajstić information content (AvgIpc) is 1.99. The van der Waals surface area contributed by atoms with Gasteiger partial charge in [-0.2, -0.15) is 0 Å². The highest BCUT2D eigenvalue weighted by Crippen LogP contribution is 2.21. The molecular weight excluding hydrogens is 216 g/mol. The van der Waals surface area contributed by atoms with E-state index in [1.54, 1.807) is 19.1 Å². The highest BCUT2D eigenvalue weighted by molar-refractivity contribution is 7.89. The fourth-order valence-corrected chi connectivity index (χ4v) is 1.85. The Hall–Kier alpha value is -1.40. The molecule has 1 aromatic carbocycles. The molecule has 0 radical (unpaired) electrons. The van der Waals surface area contributed by atoms with E-state index in [9.17, 15) is 13.2 Å². The molecular formula is C9H12N2O3S. The first-order chi connectivity index (χ1) is 6.80. The van der Waals surface area contributed by atoms with Crippen molar-refractivity contribution >= 4 is 21.6 Å². The van der Waals surface area contributed by atoms with Crippen LogP contribution in [-0.2, 0) is 14.8 Å². The molecule has 0 saturated heterocycles. The molecule has 1 amide bonds. The van der Waals surface area contributed by atoms with Gasteiger partial charge in [0.05, 0.1) is 5.69 Å². The lowest BCUT2D eigenvalue weighted by Gasteiger charge is -2.08. The van der Waals surface area contributed by atoms with Crippen molar-refractivity contribution < 1.29 is 13.2 Å². The van der Waals surface area contributed by atoms with Gasteiger partial charge in [-0.3, -0.25) is 4.79 Å². The molecule has 0 heterocycles. The highest BCUT2D eigenvalue weighted by Gasteiger charge is 2.14. The maximum atomic E-state index is 11.2. The molecule has 15 heavy (non-hydrogen) atoms. The minimum absolute atomic E-state index is 0.0803. The van der Waals surface area contributed by atoms with E-state index in [1.807, 2.05) is 0 Å². The average molecular weight is 228 g/mol. The number of primary sulfonamides is 1. The van der Waals surface area contributed by atoms with E-state index in [0.717, 1.165) is 5.56 Å². The van der Waals surface area contributed by atoms with Crippen molar-refractivity contribution in [1.82, 2.24) is 0 Å². The Morgan fingerprint density at radius 1 is 1.40 bits per heavy atom. The van der Waals surface area contributed by atoms with Crippen LogP contribution < -0.4 is 10.5 Å². The number of amides is 1. The third-order valence-electron chi connectivity index (χ3n) is 1.75. The number of nitrogens with two attached hydrogens (primary N) is 1. The number of hydrogen-bond acceptors (Lipinski definition) is 3. The van der Waals surface area contributed by atoms with Crippen LogP contribution in [0.15, 0.2) is 23.1 Å². The van der Waals surface area contributed by atoms with Crippen molar-refractivity contribution in [3.05, 3.63) is 23.8 Å². The van der Waals surface area contributed by atoms with Crippen LogP contribution in [0, 0.1) is 6.92 Å². The molecule has 0 unspecified atom stereocenters. The maximum absolute atomic E-state index is 11.2. The third-order valence-corrected chi connectivity index (χ3v) is 2.72. The van der Waals surface area contributed by atoms with Crippen LogP contribution >= 0.6 is 0 Å². The van der Waals surface area contributed by atoms with Crippen LogP contribution in [0.5, 0.6) is 0 Å². The number of anilines is 1. The number of rotatable bonds is 2. The molecule has 0 aliphatic rings. The molecule has 0 spiro atoms. The summed E-state index contributed by atoms with van der Waals surface area (Å²) in [7, 11) is -3.81. The number of aryl methyl sites for hydroxylation is 1. The Kier molecular flexibility index (Phi) is 3.11. The van der Waals surface area contributed by atoms with Gasteiger partial charge in [-0.1, -0.05) is 6.07 Å². The largest absolute Gasteiger partial charge is 0.325 e. The molecule has 0 aromatic heterocycles. The van der Waals surface area contributed by atoms with Gasteiger partial charge in [0, 0.05) is 6.92 Å². The first kappa shape index (κ1) is 11.7. The third kappa shape index (κ3) is 3.03. The standard InChI is InChI=1S/C9H12N2O3S/c1-6-3-4-9(15(10,13)14)8(5-6)11-7(2)12/h3-5H,1-2H3,(H,11,12)(H2,10,13,14). The summed E-state index contributed by atoms with van der Waals surface area (Å²) in [6.45, 7) is 3.09. The molecule has 0 saturated carbocycles. The van der Waals surface area contributed by atoms with Gasteiger partial charge in [-0.05, 0) is 24.6 Å². The second-order valence-corrected chi connectivity index (χ2v) is 4.76. The molecule has 0 fully saturated rings. The molecule has 6 heteroatoms. The van der Waals surface area contributed by atoms with E-state index < -0.39 is 10.0 Å². The predicted octanol–water partition coefficient (Wildman–Crippen LogP) is 0.601. The fraction of sp³-hybridized carbons (Fsp3) is 0.222.